The Hall–Kier alpha value is -4.74. The SMILES string of the molecule is CCOc1ccc(/C=C/c2cc[n+](CCCC(=O)CCCSSCCNC(=O)CCC[n+]3ccc(/C=C/c4ccc(OCC)c(OCC)c4)cc3)cc2)cc1OCC. The fourth-order valence-corrected chi connectivity index (χ4v) is 7.95. The monoisotopic (exact) mass is 827 g/mol. The maximum atomic E-state index is 12.4. The van der Waals surface area contributed by atoms with Crippen LogP contribution in [0.2, 0.25) is 0 Å². The second kappa shape index (κ2) is 27.0. The molecule has 0 saturated heterocycles. The summed E-state index contributed by atoms with van der Waals surface area (Å²) >= 11 is 0. The molecular formula is C47H61N3O6S2+2. The van der Waals surface area contributed by atoms with Crippen LogP contribution in [-0.4, -0.2) is 56.2 Å². The fourth-order valence-electron chi connectivity index (χ4n) is 5.96. The summed E-state index contributed by atoms with van der Waals surface area (Å²) in [7, 11) is 3.52. The van der Waals surface area contributed by atoms with Gasteiger partial charge in [0.05, 0.1) is 26.4 Å². The molecule has 2 aromatic heterocycles. The maximum Gasteiger partial charge on any atom is 0.220 e. The lowest BCUT2D eigenvalue weighted by Crippen LogP contribution is -2.34. The van der Waals surface area contributed by atoms with Crippen molar-refractivity contribution in [1.82, 2.24) is 5.32 Å². The Morgan fingerprint density at radius 2 is 0.966 bits per heavy atom. The van der Waals surface area contributed by atoms with Crippen molar-refractivity contribution >= 4 is 57.6 Å². The molecule has 4 aromatic rings. The smallest absolute Gasteiger partial charge is 0.220 e. The predicted molar refractivity (Wildman–Crippen MR) is 239 cm³/mol. The van der Waals surface area contributed by atoms with E-state index in [9.17, 15) is 9.59 Å². The van der Waals surface area contributed by atoms with Crippen LogP contribution in [0.25, 0.3) is 24.3 Å². The van der Waals surface area contributed by atoms with Gasteiger partial charge in [0, 0.05) is 74.4 Å². The number of hydrogen-bond donors (Lipinski definition) is 1. The van der Waals surface area contributed by atoms with Gasteiger partial charge in [0.1, 0.15) is 18.9 Å². The second-order valence-electron chi connectivity index (χ2n) is 13.4. The van der Waals surface area contributed by atoms with Crippen LogP contribution in [0, 0.1) is 0 Å². The summed E-state index contributed by atoms with van der Waals surface area (Å²) in [4.78, 5) is 24.8. The molecule has 9 nitrogen and oxygen atoms in total. The van der Waals surface area contributed by atoms with Gasteiger partial charge in [-0.05, 0) is 80.6 Å². The van der Waals surface area contributed by atoms with E-state index in [1.54, 1.807) is 21.6 Å². The molecule has 2 aromatic carbocycles. The van der Waals surface area contributed by atoms with Crippen LogP contribution >= 0.6 is 21.6 Å². The molecule has 0 radical (unpaired) electrons. The Morgan fingerprint density at radius 1 is 0.534 bits per heavy atom. The van der Waals surface area contributed by atoms with E-state index >= 15 is 0 Å². The molecule has 0 aliphatic rings. The van der Waals surface area contributed by atoms with Gasteiger partial charge in [0.2, 0.25) is 5.91 Å². The van der Waals surface area contributed by atoms with Gasteiger partial charge in [-0.2, -0.15) is 0 Å². The van der Waals surface area contributed by atoms with Crippen molar-refractivity contribution in [2.75, 3.05) is 44.5 Å². The van der Waals surface area contributed by atoms with Crippen LogP contribution in [0.4, 0.5) is 0 Å². The third-order valence-corrected chi connectivity index (χ3v) is 11.4. The van der Waals surface area contributed by atoms with Gasteiger partial charge in [-0.3, -0.25) is 9.59 Å². The zero-order valence-electron chi connectivity index (χ0n) is 34.7. The third kappa shape index (κ3) is 17.4. The number of benzene rings is 2. The average Bonchev–Trinajstić information content (AvgIpc) is 3.23. The number of rotatable bonds is 28. The Kier molecular flexibility index (Phi) is 21.4. The number of aryl methyl sites for hydroxylation is 2. The Morgan fingerprint density at radius 3 is 1.47 bits per heavy atom. The Labute approximate surface area is 353 Å². The summed E-state index contributed by atoms with van der Waals surface area (Å²) in [5.74, 6) is 5.22. The molecule has 58 heavy (non-hydrogen) atoms. The van der Waals surface area contributed by atoms with Crippen molar-refractivity contribution in [2.24, 2.45) is 0 Å². The predicted octanol–water partition coefficient (Wildman–Crippen LogP) is 9.30. The molecule has 11 heteroatoms. The van der Waals surface area contributed by atoms with Crippen LogP contribution in [0.15, 0.2) is 85.5 Å². The summed E-state index contributed by atoms with van der Waals surface area (Å²) < 4.78 is 27.0. The summed E-state index contributed by atoms with van der Waals surface area (Å²) in [5, 5.41) is 3.03. The largest absolute Gasteiger partial charge is 0.490 e. The molecule has 0 atom stereocenters. The number of amides is 1. The standard InChI is InChI=1S/C47H60N3O6S2/c1-5-53-43-21-19-40(36-45(43)55-7-3)17-15-38-23-30-49(31-24-38)28-9-12-42(51)13-11-34-57-58-35-27-48-47(52)14-10-29-50-32-25-39(26-33-50)16-18-41-20-22-44(54-6-2)46(37-41)56-8-4/h15-26,30-33,36-37H,5-14,27-29,34-35H2,1-4H3/q+1/p+1/b17-15+,18-16+. The Bertz CT molecular complexity index is 1750. The first kappa shape index (κ1) is 46.0. The van der Waals surface area contributed by atoms with Crippen LogP contribution in [0.3, 0.4) is 0 Å². The normalized spacial score (nSPS) is 11.2. The molecule has 0 unspecified atom stereocenters. The third-order valence-electron chi connectivity index (χ3n) is 8.87. The van der Waals surface area contributed by atoms with E-state index in [4.69, 9.17) is 18.9 Å². The molecule has 0 bridgehead atoms. The quantitative estimate of drug-likeness (QED) is 0.0345. The van der Waals surface area contributed by atoms with Crippen LogP contribution in [0.5, 0.6) is 23.0 Å². The lowest BCUT2D eigenvalue weighted by atomic mass is 10.1. The highest BCUT2D eigenvalue weighted by atomic mass is 33.1. The van der Waals surface area contributed by atoms with Gasteiger partial charge in [-0.1, -0.05) is 58.0 Å². The summed E-state index contributed by atoms with van der Waals surface area (Å²) in [6.07, 6.45) is 20.7. The molecule has 0 aliphatic heterocycles. The summed E-state index contributed by atoms with van der Waals surface area (Å²) in [6, 6.07) is 20.3. The van der Waals surface area contributed by atoms with Crippen molar-refractivity contribution in [2.45, 2.75) is 79.3 Å². The highest BCUT2D eigenvalue weighted by Gasteiger charge is 2.09. The van der Waals surface area contributed by atoms with Crippen molar-refractivity contribution in [3.05, 3.63) is 108 Å². The molecule has 1 amide bonds. The minimum atomic E-state index is 0.0841. The summed E-state index contributed by atoms with van der Waals surface area (Å²) in [6.45, 7) is 12.5. The van der Waals surface area contributed by atoms with Gasteiger partial charge < -0.3 is 24.3 Å². The molecule has 0 fully saturated rings. The fraction of sp³-hybridized carbons (Fsp3) is 0.404. The van der Waals surface area contributed by atoms with Gasteiger partial charge in [0.15, 0.2) is 47.8 Å². The molecule has 310 valence electrons. The van der Waals surface area contributed by atoms with E-state index in [-0.39, 0.29) is 5.91 Å². The minimum Gasteiger partial charge on any atom is -0.490 e. The van der Waals surface area contributed by atoms with Gasteiger partial charge in [-0.25, -0.2) is 9.13 Å². The number of pyridine rings is 2. The topological polar surface area (TPSA) is 90.9 Å². The molecular weight excluding hydrogens is 767 g/mol. The number of aromatic nitrogens is 2. The van der Waals surface area contributed by atoms with Crippen molar-refractivity contribution in [3.8, 4) is 23.0 Å². The van der Waals surface area contributed by atoms with E-state index in [1.165, 1.54) is 0 Å². The minimum absolute atomic E-state index is 0.0841. The lowest BCUT2D eigenvalue weighted by molar-refractivity contribution is -0.697. The van der Waals surface area contributed by atoms with E-state index < -0.39 is 0 Å². The van der Waals surface area contributed by atoms with E-state index in [0.717, 1.165) is 89.1 Å². The van der Waals surface area contributed by atoms with Crippen LogP contribution in [-0.2, 0) is 22.7 Å². The maximum absolute atomic E-state index is 12.4. The van der Waals surface area contributed by atoms with E-state index in [0.29, 0.717) is 58.0 Å². The first-order valence-electron chi connectivity index (χ1n) is 20.6. The average molecular weight is 828 g/mol. The highest BCUT2D eigenvalue weighted by molar-refractivity contribution is 8.76. The number of nitrogens with one attached hydrogen (secondary N) is 1. The molecule has 2 heterocycles. The molecule has 0 spiro atoms. The lowest BCUT2D eigenvalue weighted by Gasteiger charge is -2.11. The molecule has 1 N–H and O–H groups in total. The van der Waals surface area contributed by atoms with Crippen LogP contribution < -0.4 is 33.4 Å². The van der Waals surface area contributed by atoms with E-state index in [2.05, 4.69) is 75.4 Å². The molecule has 0 saturated carbocycles. The number of carbonyl (C=O) groups is 2. The molecule has 4 rings (SSSR count). The van der Waals surface area contributed by atoms with Crippen molar-refractivity contribution in [3.63, 3.8) is 0 Å². The zero-order chi connectivity index (χ0) is 41.2. The second-order valence-corrected chi connectivity index (χ2v) is 16.1. The highest BCUT2D eigenvalue weighted by Crippen LogP contribution is 2.30. The number of ketones is 1. The number of nitrogens with zero attached hydrogens (tertiary/aromatic N) is 2. The number of ether oxygens (including phenoxy) is 4. The van der Waals surface area contributed by atoms with Crippen molar-refractivity contribution < 1.29 is 37.7 Å². The zero-order valence-corrected chi connectivity index (χ0v) is 36.3. The summed E-state index contributed by atoms with van der Waals surface area (Å²) in [5.41, 5.74) is 4.29. The first-order chi connectivity index (χ1) is 28.4. The van der Waals surface area contributed by atoms with E-state index in [1.807, 2.05) is 76.5 Å². The first-order valence-corrected chi connectivity index (χ1v) is 23.1. The van der Waals surface area contributed by atoms with Gasteiger partial charge >= 0.3 is 0 Å². The van der Waals surface area contributed by atoms with Crippen LogP contribution in [0.1, 0.15) is 88.5 Å². The van der Waals surface area contributed by atoms with Gasteiger partial charge in [-0.15, -0.1) is 0 Å². The number of hydrogen-bond acceptors (Lipinski definition) is 8. The number of Topliss-reactive ketones (excluding diaryl/α,β-unsaturated/α-hetero) is 1. The number of carbonyl (C=O) groups excluding carboxylic acids is 2. The molecule has 0 aliphatic carbocycles. The van der Waals surface area contributed by atoms with Gasteiger partial charge in [0.25, 0.3) is 0 Å². The van der Waals surface area contributed by atoms with Crippen molar-refractivity contribution in [1.29, 1.82) is 0 Å². The Balaban J connectivity index is 0.996.